The fourth-order valence-electron chi connectivity index (χ4n) is 2.47. The Hall–Kier alpha value is -0.280. The molecular weight excluding hydrogens is 269 g/mol. The second-order valence-corrected chi connectivity index (χ2v) is 5.43. The molecule has 2 rings (SSSR count). The molecule has 0 saturated carbocycles. The van der Waals surface area contributed by atoms with Gasteiger partial charge in [-0.3, -0.25) is 0 Å². The summed E-state index contributed by atoms with van der Waals surface area (Å²) in [5, 5.41) is 4.63. The molecule has 0 radical (unpaired) electrons. The van der Waals surface area contributed by atoms with Gasteiger partial charge in [-0.05, 0) is 25.5 Å². The van der Waals surface area contributed by atoms with Gasteiger partial charge in [0.15, 0.2) is 0 Å². The smallest absolute Gasteiger partial charge is 0.0880 e. The molecule has 2 unspecified atom stereocenters. The fraction of sp³-hybridized carbons (Fsp3) is 0.571. The summed E-state index contributed by atoms with van der Waals surface area (Å²) in [6, 6.07) is 5.77. The van der Waals surface area contributed by atoms with E-state index in [1.807, 2.05) is 18.2 Å². The third-order valence-electron chi connectivity index (χ3n) is 3.39. The molecule has 1 aromatic carbocycles. The summed E-state index contributed by atoms with van der Waals surface area (Å²) in [6.45, 7) is 4.86. The van der Waals surface area contributed by atoms with Crippen LogP contribution in [0.3, 0.4) is 0 Å². The number of ether oxygens (including phenoxy) is 1. The molecule has 1 heterocycles. The standard InChI is InChI=1S/C14H19Cl2NO/c1-2-17-9-10-5-4-8-18-14(10)11-6-3-7-12(15)13(11)16/h3,6-7,10,14,17H,2,4-5,8-9H2,1H3. The summed E-state index contributed by atoms with van der Waals surface area (Å²) >= 11 is 12.4. The van der Waals surface area contributed by atoms with Gasteiger partial charge in [0.25, 0.3) is 0 Å². The Morgan fingerprint density at radius 3 is 3.00 bits per heavy atom. The number of nitrogens with one attached hydrogen (secondary N) is 1. The first-order valence-corrected chi connectivity index (χ1v) is 7.26. The van der Waals surface area contributed by atoms with Crippen molar-refractivity contribution in [3.63, 3.8) is 0 Å². The van der Waals surface area contributed by atoms with Gasteiger partial charge in [-0.15, -0.1) is 0 Å². The van der Waals surface area contributed by atoms with Gasteiger partial charge in [0.1, 0.15) is 0 Å². The molecule has 2 nitrogen and oxygen atoms in total. The zero-order valence-corrected chi connectivity index (χ0v) is 12.1. The first-order valence-electron chi connectivity index (χ1n) is 6.50. The van der Waals surface area contributed by atoms with Crippen LogP contribution in [-0.2, 0) is 4.74 Å². The van der Waals surface area contributed by atoms with Gasteiger partial charge in [-0.2, -0.15) is 0 Å². The highest BCUT2D eigenvalue weighted by molar-refractivity contribution is 6.42. The van der Waals surface area contributed by atoms with E-state index in [0.717, 1.165) is 31.7 Å². The topological polar surface area (TPSA) is 21.3 Å². The van der Waals surface area contributed by atoms with Crippen LogP contribution in [-0.4, -0.2) is 19.7 Å². The molecule has 1 aliphatic rings. The summed E-state index contributed by atoms with van der Waals surface area (Å²) in [5.74, 6) is 0.467. The Morgan fingerprint density at radius 2 is 2.22 bits per heavy atom. The first kappa shape index (κ1) is 14.1. The zero-order chi connectivity index (χ0) is 13.0. The van der Waals surface area contributed by atoms with Gasteiger partial charge in [-0.25, -0.2) is 0 Å². The maximum absolute atomic E-state index is 6.29. The maximum Gasteiger partial charge on any atom is 0.0880 e. The van der Waals surface area contributed by atoms with E-state index in [1.54, 1.807) is 0 Å². The summed E-state index contributed by atoms with van der Waals surface area (Å²) in [5.41, 5.74) is 1.02. The molecular formula is C14H19Cl2NO. The molecule has 1 aliphatic heterocycles. The van der Waals surface area contributed by atoms with Crippen molar-refractivity contribution in [2.75, 3.05) is 19.7 Å². The van der Waals surface area contributed by atoms with Crippen LogP contribution in [0.15, 0.2) is 18.2 Å². The summed E-state index contributed by atoms with van der Waals surface area (Å²) in [4.78, 5) is 0. The van der Waals surface area contributed by atoms with Crippen LogP contribution in [0, 0.1) is 5.92 Å². The van der Waals surface area contributed by atoms with Crippen molar-refractivity contribution < 1.29 is 4.74 Å². The van der Waals surface area contributed by atoms with E-state index in [0.29, 0.717) is 16.0 Å². The van der Waals surface area contributed by atoms with Crippen molar-refractivity contribution in [3.05, 3.63) is 33.8 Å². The number of benzene rings is 1. The van der Waals surface area contributed by atoms with Crippen LogP contribution < -0.4 is 5.32 Å². The quantitative estimate of drug-likeness (QED) is 0.901. The Bertz CT molecular complexity index is 397. The van der Waals surface area contributed by atoms with Gasteiger partial charge in [0.2, 0.25) is 0 Å². The normalized spacial score (nSPS) is 24.2. The molecule has 0 aromatic heterocycles. The number of rotatable bonds is 4. The second-order valence-electron chi connectivity index (χ2n) is 4.64. The predicted octanol–water partition coefficient (Wildman–Crippen LogP) is 4.07. The number of hydrogen-bond donors (Lipinski definition) is 1. The van der Waals surface area contributed by atoms with E-state index >= 15 is 0 Å². The molecule has 0 spiro atoms. The fourth-order valence-corrected chi connectivity index (χ4v) is 2.88. The van der Waals surface area contributed by atoms with Crippen molar-refractivity contribution in [2.24, 2.45) is 5.92 Å². The molecule has 100 valence electrons. The Balaban J connectivity index is 2.19. The van der Waals surface area contributed by atoms with Gasteiger partial charge in [0, 0.05) is 24.6 Å². The highest BCUT2D eigenvalue weighted by atomic mass is 35.5. The van der Waals surface area contributed by atoms with Crippen molar-refractivity contribution in [3.8, 4) is 0 Å². The van der Waals surface area contributed by atoms with Crippen molar-refractivity contribution in [1.82, 2.24) is 5.32 Å². The molecule has 1 saturated heterocycles. The van der Waals surface area contributed by atoms with Crippen molar-refractivity contribution >= 4 is 23.2 Å². The average Bonchev–Trinajstić information content (AvgIpc) is 2.40. The zero-order valence-electron chi connectivity index (χ0n) is 10.6. The number of halogens is 2. The van der Waals surface area contributed by atoms with Crippen LogP contribution in [0.4, 0.5) is 0 Å². The van der Waals surface area contributed by atoms with Crippen LogP contribution >= 0.6 is 23.2 Å². The van der Waals surface area contributed by atoms with E-state index < -0.39 is 0 Å². The summed E-state index contributed by atoms with van der Waals surface area (Å²) in [6.07, 6.45) is 2.34. The molecule has 1 fully saturated rings. The minimum Gasteiger partial charge on any atom is -0.373 e. The lowest BCUT2D eigenvalue weighted by atomic mass is 9.89. The molecule has 1 aromatic rings. The lowest BCUT2D eigenvalue weighted by molar-refractivity contribution is -0.0275. The van der Waals surface area contributed by atoms with Gasteiger partial charge in [-0.1, -0.05) is 42.3 Å². The third-order valence-corrected chi connectivity index (χ3v) is 4.22. The lowest BCUT2D eigenvalue weighted by Crippen LogP contribution is -2.32. The third kappa shape index (κ3) is 3.18. The molecule has 1 N–H and O–H groups in total. The Morgan fingerprint density at radius 1 is 1.39 bits per heavy atom. The SMILES string of the molecule is CCNCC1CCCOC1c1cccc(Cl)c1Cl. The van der Waals surface area contributed by atoms with Gasteiger partial charge >= 0.3 is 0 Å². The van der Waals surface area contributed by atoms with E-state index in [4.69, 9.17) is 27.9 Å². The molecule has 2 atom stereocenters. The van der Waals surface area contributed by atoms with Gasteiger partial charge < -0.3 is 10.1 Å². The van der Waals surface area contributed by atoms with Crippen LogP contribution in [0.2, 0.25) is 10.0 Å². The van der Waals surface area contributed by atoms with Crippen LogP contribution in [0.25, 0.3) is 0 Å². The van der Waals surface area contributed by atoms with Crippen LogP contribution in [0.1, 0.15) is 31.4 Å². The van der Waals surface area contributed by atoms with Crippen LogP contribution in [0.5, 0.6) is 0 Å². The van der Waals surface area contributed by atoms with Crippen molar-refractivity contribution in [1.29, 1.82) is 0 Å². The highest BCUT2D eigenvalue weighted by Crippen LogP contribution is 2.39. The average molecular weight is 288 g/mol. The largest absolute Gasteiger partial charge is 0.373 e. The molecule has 0 aliphatic carbocycles. The molecule has 4 heteroatoms. The summed E-state index contributed by atoms with van der Waals surface area (Å²) < 4.78 is 5.93. The van der Waals surface area contributed by atoms with E-state index in [2.05, 4.69) is 12.2 Å². The van der Waals surface area contributed by atoms with Crippen molar-refractivity contribution in [2.45, 2.75) is 25.9 Å². The minimum absolute atomic E-state index is 0.0593. The first-order chi connectivity index (χ1) is 8.74. The Labute approximate surface area is 119 Å². The molecule has 0 bridgehead atoms. The predicted molar refractivity (Wildman–Crippen MR) is 76.4 cm³/mol. The lowest BCUT2D eigenvalue weighted by Gasteiger charge is -2.33. The molecule has 18 heavy (non-hydrogen) atoms. The Kier molecular flexibility index (Phi) is 5.31. The van der Waals surface area contributed by atoms with E-state index in [-0.39, 0.29) is 6.10 Å². The van der Waals surface area contributed by atoms with Gasteiger partial charge in [0.05, 0.1) is 16.1 Å². The van der Waals surface area contributed by atoms with E-state index in [1.165, 1.54) is 6.42 Å². The maximum atomic E-state index is 6.29. The van der Waals surface area contributed by atoms with E-state index in [9.17, 15) is 0 Å². The highest BCUT2D eigenvalue weighted by Gasteiger charge is 2.29. The second kappa shape index (κ2) is 6.76. The molecule has 0 amide bonds. The summed E-state index contributed by atoms with van der Waals surface area (Å²) in [7, 11) is 0. The number of hydrogen-bond acceptors (Lipinski definition) is 2. The monoisotopic (exact) mass is 287 g/mol. The minimum atomic E-state index is 0.0593.